The second-order valence-electron chi connectivity index (χ2n) is 11.3. The second-order valence-corrected chi connectivity index (χ2v) is 14.0. The summed E-state index contributed by atoms with van der Waals surface area (Å²) in [5, 5.41) is 18.4. The van der Waals surface area contributed by atoms with Crippen LogP contribution in [-0.2, 0) is 22.6 Å². The lowest BCUT2D eigenvalue weighted by Crippen LogP contribution is -2.40. The van der Waals surface area contributed by atoms with Crippen LogP contribution in [0, 0.1) is 0 Å². The molecule has 242 valence electrons. The summed E-state index contributed by atoms with van der Waals surface area (Å²) in [5.41, 5.74) is -2.12. The largest absolute Gasteiger partial charge is 0.492 e. The number of alkyl halides is 3. The van der Waals surface area contributed by atoms with Crippen LogP contribution in [-0.4, -0.2) is 86.7 Å². The third-order valence-electron chi connectivity index (χ3n) is 7.30. The van der Waals surface area contributed by atoms with Gasteiger partial charge in [0.15, 0.2) is 27.1 Å². The van der Waals surface area contributed by atoms with Crippen molar-refractivity contribution >= 4 is 21.4 Å². The quantitative estimate of drug-likeness (QED) is 0.218. The average Bonchev–Trinajstić information content (AvgIpc) is 3.60. The van der Waals surface area contributed by atoms with Gasteiger partial charge in [0, 0.05) is 44.1 Å². The minimum atomic E-state index is -4.82. The fourth-order valence-corrected chi connectivity index (χ4v) is 6.49. The van der Waals surface area contributed by atoms with Crippen molar-refractivity contribution in [1.82, 2.24) is 29.8 Å². The highest BCUT2D eigenvalue weighted by molar-refractivity contribution is 7.91. The van der Waals surface area contributed by atoms with Gasteiger partial charge < -0.3 is 19.3 Å². The molecule has 0 bridgehead atoms. The summed E-state index contributed by atoms with van der Waals surface area (Å²) in [5.74, 6) is 0.424. The van der Waals surface area contributed by atoms with Crippen LogP contribution in [0.3, 0.4) is 0 Å². The smallest absolute Gasteiger partial charge is 0.433 e. The van der Waals surface area contributed by atoms with Crippen molar-refractivity contribution in [1.29, 1.82) is 0 Å². The third-order valence-corrected chi connectivity index (χ3v) is 9.30. The van der Waals surface area contributed by atoms with Crippen LogP contribution in [0.2, 0.25) is 5.02 Å². The number of aryl methyl sites for hydroxylation is 1. The molecule has 0 spiro atoms. The first-order valence-corrected chi connectivity index (χ1v) is 16.4. The molecule has 4 aromatic rings. The summed E-state index contributed by atoms with van der Waals surface area (Å²) in [6, 6.07) is 6.53. The Morgan fingerprint density at radius 3 is 2.44 bits per heavy atom. The SMILES string of the molecule is CC(C)(O)CCn1ncc(-c2onc(-c3cccc(OCCCN4CCS(=O)(=O)CC4)c3Cl)c2-c2ncccn2)c1C(F)(F)F. The van der Waals surface area contributed by atoms with E-state index in [-0.39, 0.29) is 57.9 Å². The number of aliphatic hydroxyl groups is 1. The van der Waals surface area contributed by atoms with Gasteiger partial charge in [-0.3, -0.25) is 4.68 Å². The predicted molar refractivity (Wildman–Crippen MR) is 160 cm³/mol. The Hall–Kier alpha value is -3.53. The maximum atomic E-state index is 14.4. The highest BCUT2D eigenvalue weighted by Crippen LogP contribution is 2.46. The number of hydrogen-bond donors (Lipinski definition) is 1. The van der Waals surface area contributed by atoms with Gasteiger partial charge in [-0.15, -0.1) is 0 Å². The first kappa shape index (κ1) is 32.9. The lowest BCUT2D eigenvalue weighted by Gasteiger charge is -2.26. The van der Waals surface area contributed by atoms with Crippen LogP contribution in [0.1, 0.15) is 32.4 Å². The first-order chi connectivity index (χ1) is 21.2. The van der Waals surface area contributed by atoms with Gasteiger partial charge in [0.25, 0.3) is 0 Å². The van der Waals surface area contributed by atoms with E-state index in [9.17, 15) is 26.7 Å². The monoisotopic (exact) mass is 668 g/mol. The zero-order valence-corrected chi connectivity index (χ0v) is 26.2. The molecule has 0 saturated carbocycles. The molecule has 11 nitrogen and oxygen atoms in total. The molecule has 45 heavy (non-hydrogen) atoms. The summed E-state index contributed by atoms with van der Waals surface area (Å²) in [6.07, 6.45) is -0.242. The normalized spacial score (nSPS) is 15.8. The number of aromatic nitrogens is 5. The van der Waals surface area contributed by atoms with Crippen molar-refractivity contribution in [2.24, 2.45) is 0 Å². The van der Waals surface area contributed by atoms with Crippen LogP contribution >= 0.6 is 11.6 Å². The number of hydrogen-bond acceptors (Lipinski definition) is 10. The van der Waals surface area contributed by atoms with Crippen molar-refractivity contribution in [2.45, 2.75) is 45.0 Å². The van der Waals surface area contributed by atoms with Gasteiger partial charge in [-0.05, 0) is 38.8 Å². The van der Waals surface area contributed by atoms with Crippen molar-refractivity contribution in [2.75, 3.05) is 37.7 Å². The summed E-state index contributed by atoms with van der Waals surface area (Å²) < 4.78 is 79.0. The molecule has 4 heterocycles. The van der Waals surface area contributed by atoms with Gasteiger partial charge in [0.1, 0.15) is 11.4 Å². The lowest BCUT2D eigenvalue weighted by molar-refractivity contribution is -0.144. The summed E-state index contributed by atoms with van der Waals surface area (Å²) >= 11 is 6.76. The van der Waals surface area contributed by atoms with E-state index < -0.39 is 27.3 Å². The minimum absolute atomic E-state index is 0.0237. The topological polar surface area (TPSA) is 136 Å². The van der Waals surface area contributed by atoms with Gasteiger partial charge in [-0.1, -0.05) is 28.9 Å². The van der Waals surface area contributed by atoms with E-state index in [2.05, 4.69) is 25.1 Å². The fourth-order valence-electron chi connectivity index (χ4n) is 4.94. The molecule has 16 heteroatoms. The molecule has 0 radical (unpaired) electrons. The van der Waals surface area contributed by atoms with E-state index in [0.29, 0.717) is 44.0 Å². The number of ether oxygens (including phenoxy) is 1. The van der Waals surface area contributed by atoms with Crippen LogP contribution < -0.4 is 4.74 Å². The van der Waals surface area contributed by atoms with Gasteiger partial charge in [-0.25, -0.2) is 18.4 Å². The van der Waals surface area contributed by atoms with Crippen molar-refractivity contribution in [3.8, 4) is 39.7 Å². The number of nitrogens with zero attached hydrogens (tertiary/aromatic N) is 6. The fraction of sp³-hybridized carbons (Fsp3) is 0.448. The standard InChI is InChI=1S/C29H32ClF3N6O5S/c1-28(2,40)8-12-39-26(29(31,32)33)20(18-36-39)25-22(27-34-9-4-10-35-27)24(37-44-25)19-6-3-7-21(23(19)30)43-15-5-11-38-13-16-45(41,42)17-14-38/h3-4,6-7,9-10,18,40H,5,8,11-17H2,1-2H3. The Morgan fingerprint density at radius 2 is 1.78 bits per heavy atom. The Kier molecular flexibility index (Phi) is 9.54. The molecule has 1 aliphatic heterocycles. The van der Waals surface area contributed by atoms with Crippen molar-refractivity contribution < 1.29 is 36.0 Å². The average molecular weight is 669 g/mol. The Balaban J connectivity index is 1.46. The zero-order valence-electron chi connectivity index (χ0n) is 24.6. The Morgan fingerprint density at radius 1 is 1.07 bits per heavy atom. The highest BCUT2D eigenvalue weighted by Gasteiger charge is 2.41. The number of sulfone groups is 1. The van der Waals surface area contributed by atoms with Crippen LogP contribution in [0.4, 0.5) is 13.2 Å². The lowest BCUT2D eigenvalue weighted by atomic mass is 10.0. The second kappa shape index (κ2) is 13.1. The van der Waals surface area contributed by atoms with Crippen molar-refractivity contribution in [3.05, 3.63) is 53.6 Å². The summed E-state index contributed by atoms with van der Waals surface area (Å²) in [4.78, 5) is 10.6. The molecule has 1 aromatic carbocycles. The first-order valence-electron chi connectivity index (χ1n) is 14.2. The molecular formula is C29H32ClF3N6O5S. The van der Waals surface area contributed by atoms with Gasteiger partial charge in [0.2, 0.25) is 0 Å². The molecule has 1 aliphatic rings. The number of halogens is 4. The third kappa shape index (κ3) is 7.83. The van der Waals surface area contributed by atoms with Crippen LogP contribution in [0.5, 0.6) is 5.75 Å². The molecule has 5 rings (SSSR count). The van der Waals surface area contributed by atoms with Gasteiger partial charge in [-0.2, -0.15) is 18.3 Å². The maximum Gasteiger partial charge on any atom is 0.433 e. The highest BCUT2D eigenvalue weighted by atomic mass is 35.5. The molecular weight excluding hydrogens is 637 g/mol. The zero-order chi connectivity index (χ0) is 32.4. The number of benzene rings is 1. The van der Waals surface area contributed by atoms with E-state index in [1.807, 2.05) is 0 Å². The van der Waals surface area contributed by atoms with Crippen LogP contribution in [0.25, 0.3) is 34.0 Å². The summed E-state index contributed by atoms with van der Waals surface area (Å²) in [6.45, 7) is 4.71. The van der Waals surface area contributed by atoms with E-state index in [0.717, 1.165) is 10.9 Å². The maximum absolute atomic E-state index is 14.4. The predicted octanol–water partition coefficient (Wildman–Crippen LogP) is 4.99. The molecule has 0 unspecified atom stereocenters. The van der Waals surface area contributed by atoms with E-state index in [1.165, 1.54) is 26.2 Å². The minimum Gasteiger partial charge on any atom is -0.492 e. The molecule has 0 amide bonds. The van der Waals surface area contributed by atoms with E-state index in [1.54, 1.807) is 24.3 Å². The molecule has 0 aliphatic carbocycles. The Bertz CT molecular complexity index is 1730. The van der Waals surface area contributed by atoms with Crippen molar-refractivity contribution in [3.63, 3.8) is 0 Å². The number of rotatable bonds is 11. The molecule has 1 N–H and O–H groups in total. The summed E-state index contributed by atoms with van der Waals surface area (Å²) in [7, 11) is -2.96. The Labute approximate surface area is 262 Å². The van der Waals surface area contributed by atoms with Crippen LogP contribution in [0.15, 0.2) is 47.4 Å². The van der Waals surface area contributed by atoms with E-state index >= 15 is 0 Å². The van der Waals surface area contributed by atoms with E-state index in [4.69, 9.17) is 20.9 Å². The molecule has 3 aromatic heterocycles. The molecule has 0 atom stereocenters. The molecule has 1 saturated heterocycles. The molecule has 1 fully saturated rings. The van der Waals surface area contributed by atoms with Gasteiger partial charge >= 0.3 is 6.18 Å². The van der Waals surface area contributed by atoms with Gasteiger partial charge in [0.05, 0.1) is 46.1 Å².